The van der Waals surface area contributed by atoms with Crippen LogP contribution in [0.1, 0.15) is 47.0 Å². The first-order chi connectivity index (χ1) is 9.40. The third-order valence-corrected chi connectivity index (χ3v) is 4.22. The van der Waals surface area contributed by atoms with Crippen LogP contribution < -0.4 is 0 Å². The Bertz CT molecular complexity index is 255. The molecule has 3 nitrogen and oxygen atoms in total. The topological polar surface area (TPSA) is 15.7 Å². The van der Waals surface area contributed by atoms with Gasteiger partial charge >= 0.3 is 0 Å². The van der Waals surface area contributed by atoms with Gasteiger partial charge in [0.1, 0.15) is 0 Å². The molecule has 0 bridgehead atoms. The van der Waals surface area contributed by atoms with Gasteiger partial charge in [0.15, 0.2) is 0 Å². The van der Waals surface area contributed by atoms with Gasteiger partial charge in [0.05, 0.1) is 12.7 Å². The Hall–Kier alpha value is -0.120. The lowest BCUT2D eigenvalue weighted by Gasteiger charge is -2.41. The second kappa shape index (κ2) is 9.01. The highest BCUT2D eigenvalue weighted by Crippen LogP contribution is 2.20. The molecule has 1 aliphatic heterocycles. The highest BCUT2D eigenvalue weighted by molar-refractivity contribution is 4.84. The molecule has 0 spiro atoms. The Kier molecular flexibility index (Phi) is 8.08. The molecule has 0 radical (unpaired) electrons. The Morgan fingerprint density at radius 3 is 2.50 bits per heavy atom. The molecule has 0 N–H and O–H groups in total. The molecule has 0 aromatic rings. The first-order valence-corrected chi connectivity index (χ1v) is 8.40. The number of nitrogens with zero attached hydrogens (tertiary/aromatic N) is 2. The van der Waals surface area contributed by atoms with Crippen LogP contribution in [0.2, 0.25) is 0 Å². The minimum absolute atomic E-state index is 0.379. The third kappa shape index (κ3) is 6.55. The van der Waals surface area contributed by atoms with E-state index in [1.54, 1.807) is 0 Å². The summed E-state index contributed by atoms with van der Waals surface area (Å²) in [7, 11) is 4.49. The highest BCUT2D eigenvalue weighted by atomic mass is 16.5. The summed E-state index contributed by atoms with van der Waals surface area (Å²) in [6, 6.07) is 0.595. The molecule has 3 heteroatoms. The maximum atomic E-state index is 6.09. The predicted molar refractivity (Wildman–Crippen MR) is 87.2 cm³/mol. The molecule has 20 heavy (non-hydrogen) atoms. The number of ether oxygens (including phenoxy) is 1. The standard InChI is InChI=1S/C17H36N2O/c1-14(2)8-7-9-16-17(20-11-10-19(16)6)13-18(5)12-15(3)4/h14-17H,7-13H2,1-6H3. The van der Waals surface area contributed by atoms with E-state index in [1.807, 2.05) is 0 Å². The Balaban J connectivity index is 2.46. The molecule has 1 saturated heterocycles. The maximum Gasteiger partial charge on any atom is 0.0857 e. The van der Waals surface area contributed by atoms with Crippen molar-refractivity contribution in [1.82, 2.24) is 9.80 Å². The second-order valence-electron chi connectivity index (χ2n) is 7.40. The smallest absolute Gasteiger partial charge is 0.0857 e. The van der Waals surface area contributed by atoms with Crippen molar-refractivity contribution in [3.8, 4) is 0 Å². The van der Waals surface area contributed by atoms with Gasteiger partial charge < -0.3 is 9.64 Å². The number of morpholine rings is 1. The number of hydrogen-bond acceptors (Lipinski definition) is 3. The van der Waals surface area contributed by atoms with Crippen LogP contribution in [0, 0.1) is 11.8 Å². The average Bonchev–Trinajstić information content (AvgIpc) is 2.31. The van der Waals surface area contributed by atoms with E-state index in [0.29, 0.717) is 12.1 Å². The van der Waals surface area contributed by atoms with Crippen LogP contribution in [0.4, 0.5) is 0 Å². The molecule has 0 aromatic carbocycles. The summed E-state index contributed by atoms with van der Waals surface area (Å²) in [6.45, 7) is 13.4. The minimum atomic E-state index is 0.379. The van der Waals surface area contributed by atoms with Crippen molar-refractivity contribution in [3.63, 3.8) is 0 Å². The predicted octanol–water partition coefficient (Wildman–Crippen LogP) is 3.10. The summed E-state index contributed by atoms with van der Waals surface area (Å²) < 4.78 is 6.09. The molecule has 1 aliphatic rings. The lowest BCUT2D eigenvalue weighted by Crippen LogP contribution is -2.53. The average molecular weight is 284 g/mol. The molecule has 1 heterocycles. The number of hydrogen-bond donors (Lipinski definition) is 0. The van der Waals surface area contributed by atoms with Crippen molar-refractivity contribution in [2.24, 2.45) is 11.8 Å². The van der Waals surface area contributed by atoms with Crippen LogP contribution in [0.3, 0.4) is 0 Å². The van der Waals surface area contributed by atoms with Crippen molar-refractivity contribution in [3.05, 3.63) is 0 Å². The number of rotatable bonds is 8. The molecule has 2 unspecified atom stereocenters. The fourth-order valence-electron chi connectivity index (χ4n) is 3.23. The van der Waals surface area contributed by atoms with E-state index < -0.39 is 0 Å². The molecular weight excluding hydrogens is 248 g/mol. The van der Waals surface area contributed by atoms with Gasteiger partial charge in [-0.1, -0.05) is 40.5 Å². The Morgan fingerprint density at radius 2 is 1.90 bits per heavy atom. The van der Waals surface area contributed by atoms with E-state index >= 15 is 0 Å². The van der Waals surface area contributed by atoms with Gasteiger partial charge in [-0.15, -0.1) is 0 Å². The number of likely N-dealkylation sites (N-methyl/N-ethyl adjacent to an activating group) is 2. The molecule has 0 aliphatic carbocycles. The van der Waals surface area contributed by atoms with E-state index in [9.17, 15) is 0 Å². The zero-order valence-electron chi connectivity index (χ0n) is 14.6. The first kappa shape index (κ1) is 17.9. The second-order valence-corrected chi connectivity index (χ2v) is 7.40. The van der Waals surface area contributed by atoms with E-state index in [-0.39, 0.29) is 0 Å². The largest absolute Gasteiger partial charge is 0.374 e. The first-order valence-electron chi connectivity index (χ1n) is 8.40. The lowest BCUT2D eigenvalue weighted by molar-refractivity contribution is -0.0755. The van der Waals surface area contributed by atoms with Crippen molar-refractivity contribution < 1.29 is 4.74 Å². The molecule has 1 rings (SSSR count). The summed E-state index contributed by atoms with van der Waals surface area (Å²) in [5.74, 6) is 1.53. The van der Waals surface area contributed by atoms with Gasteiger partial charge in [-0.2, -0.15) is 0 Å². The summed E-state index contributed by atoms with van der Waals surface area (Å²) in [4.78, 5) is 4.95. The van der Waals surface area contributed by atoms with Crippen molar-refractivity contribution in [1.29, 1.82) is 0 Å². The molecule has 120 valence electrons. The molecule has 0 saturated carbocycles. The van der Waals surface area contributed by atoms with Gasteiger partial charge in [0, 0.05) is 25.7 Å². The van der Waals surface area contributed by atoms with Crippen LogP contribution >= 0.6 is 0 Å². The molecule has 2 atom stereocenters. The van der Waals surface area contributed by atoms with Gasteiger partial charge in [-0.05, 0) is 32.4 Å². The molecule has 0 aromatic heterocycles. The lowest BCUT2D eigenvalue weighted by atomic mass is 9.97. The minimum Gasteiger partial charge on any atom is -0.374 e. The zero-order chi connectivity index (χ0) is 15.1. The van der Waals surface area contributed by atoms with Crippen LogP contribution in [-0.2, 0) is 4.74 Å². The quantitative estimate of drug-likeness (QED) is 0.681. The van der Waals surface area contributed by atoms with Crippen LogP contribution in [0.15, 0.2) is 0 Å². The highest BCUT2D eigenvalue weighted by Gasteiger charge is 2.30. The molecular formula is C17H36N2O. The van der Waals surface area contributed by atoms with Gasteiger partial charge in [-0.25, -0.2) is 0 Å². The van der Waals surface area contributed by atoms with E-state index in [2.05, 4.69) is 51.6 Å². The third-order valence-electron chi connectivity index (χ3n) is 4.22. The Morgan fingerprint density at radius 1 is 1.20 bits per heavy atom. The maximum absolute atomic E-state index is 6.09. The van der Waals surface area contributed by atoms with E-state index in [4.69, 9.17) is 4.74 Å². The molecule has 0 amide bonds. The van der Waals surface area contributed by atoms with Crippen molar-refractivity contribution >= 4 is 0 Å². The van der Waals surface area contributed by atoms with E-state index in [1.165, 1.54) is 19.3 Å². The fraction of sp³-hybridized carbons (Fsp3) is 1.00. The van der Waals surface area contributed by atoms with Crippen LogP contribution in [0.25, 0.3) is 0 Å². The van der Waals surface area contributed by atoms with Crippen LogP contribution in [0.5, 0.6) is 0 Å². The summed E-state index contributed by atoms with van der Waals surface area (Å²) in [5.41, 5.74) is 0. The summed E-state index contributed by atoms with van der Waals surface area (Å²) >= 11 is 0. The van der Waals surface area contributed by atoms with Gasteiger partial charge in [0.25, 0.3) is 0 Å². The monoisotopic (exact) mass is 284 g/mol. The molecule has 1 fully saturated rings. The normalized spacial score (nSPS) is 25.1. The zero-order valence-corrected chi connectivity index (χ0v) is 14.6. The summed E-state index contributed by atoms with van der Waals surface area (Å²) in [5, 5.41) is 0. The SMILES string of the molecule is CC(C)CCCC1C(CN(C)CC(C)C)OCCN1C. The van der Waals surface area contributed by atoms with Crippen molar-refractivity contribution in [2.45, 2.75) is 59.1 Å². The van der Waals surface area contributed by atoms with Crippen LogP contribution in [-0.4, -0.2) is 62.3 Å². The Labute approximate surface area is 126 Å². The van der Waals surface area contributed by atoms with Gasteiger partial charge in [0.2, 0.25) is 0 Å². The van der Waals surface area contributed by atoms with E-state index in [0.717, 1.165) is 38.1 Å². The van der Waals surface area contributed by atoms with Crippen molar-refractivity contribution in [2.75, 3.05) is 40.3 Å². The van der Waals surface area contributed by atoms with Gasteiger partial charge in [-0.3, -0.25) is 4.90 Å². The summed E-state index contributed by atoms with van der Waals surface area (Å²) in [6.07, 6.45) is 4.30. The fourth-order valence-corrected chi connectivity index (χ4v) is 3.23.